The highest BCUT2D eigenvalue weighted by Crippen LogP contribution is 2.27. The van der Waals surface area contributed by atoms with Crippen molar-refractivity contribution in [3.8, 4) is 0 Å². The van der Waals surface area contributed by atoms with Crippen LogP contribution in [-0.2, 0) is 4.79 Å². The topological polar surface area (TPSA) is 98.0 Å². The SMILES string of the molecule is CC(C)(C)CCCC(O)CCCC(C)(C)C(=O)O.CC(C)(C)CCCC(O)CCCC(C)(C)CO. The van der Waals surface area contributed by atoms with Gasteiger partial charge in [-0.1, -0.05) is 74.7 Å². The fourth-order valence-corrected chi connectivity index (χ4v) is 3.81. The van der Waals surface area contributed by atoms with Crippen LogP contribution in [0.5, 0.6) is 0 Å². The minimum absolute atomic E-state index is 0.00509. The van der Waals surface area contributed by atoms with Gasteiger partial charge in [0.05, 0.1) is 17.6 Å². The summed E-state index contributed by atoms with van der Waals surface area (Å²) in [6.45, 7) is 21.2. The summed E-state index contributed by atoms with van der Waals surface area (Å²) in [7, 11) is 0. The fourth-order valence-electron chi connectivity index (χ4n) is 3.81. The van der Waals surface area contributed by atoms with Gasteiger partial charge in [-0.3, -0.25) is 4.79 Å². The number of carboxylic acid groups (broad SMARTS) is 1. The molecule has 0 radical (unpaired) electrons. The first-order valence-corrected chi connectivity index (χ1v) is 13.9. The van der Waals surface area contributed by atoms with Gasteiger partial charge in [-0.15, -0.1) is 0 Å². The summed E-state index contributed by atoms with van der Waals surface area (Å²) in [6.07, 6.45) is 10.7. The van der Waals surface area contributed by atoms with Crippen molar-refractivity contribution in [1.82, 2.24) is 0 Å². The second kappa shape index (κ2) is 17.0. The molecule has 0 saturated carbocycles. The van der Waals surface area contributed by atoms with E-state index < -0.39 is 11.4 Å². The van der Waals surface area contributed by atoms with Crippen molar-refractivity contribution < 1.29 is 25.2 Å². The van der Waals surface area contributed by atoms with Crippen molar-refractivity contribution in [2.75, 3.05) is 6.61 Å². The highest BCUT2D eigenvalue weighted by atomic mass is 16.4. The van der Waals surface area contributed by atoms with E-state index in [0.717, 1.165) is 57.8 Å². The minimum Gasteiger partial charge on any atom is -0.481 e. The second-order valence-electron chi connectivity index (χ2n) is 14.5. The zero-order valence-corrected chi connectivity index (χ0v) is 25.0. The summed E-state index contributed by atoms with van der Waals surface area (Å²) in [6, 6.07) is 0. The van der Waals surface area contributed by atoms with E-state index in [-0.39, 0.29) is 24.2 Å². The van der Waals surface area contributed by atoms with Crippen LogP contribution in [0.2, 0.25) is 0 Å². The van der Waals surface area contributed by atoms with Crippen molar-refractivity contribution in [2.24, 2.45) is 21.7 Å². The number of hydrogen-bond donors (Lipinski definition) is 4. The molecule has 0 aliphatic carbocycles. The molecule has 0 fully saturated rings. The maximum atomic E-state index is 10.9. The summed E-state index contributed by atoms with van der Waals surface area (Å²) in [5.74, 6) is -0.760. The molecule has 0 spiro atoms. The normalized spacial score (nSPS) is 14.8. The van der Waals surface area contributed by atoms with Crippen molar-refractivity contribution in [3.05, 3.63) is 0 Å². The summed E-state index contributed by atoms with van der Waals surface area (Å²) in [5, 5.41) is 37.8. The van der Waals surface area contributed by atoms with Crippen LogP contribution in [0.25, 0.3) is 0 Å². The molecular formula is C30H62O5. The number of hydrogen-bond acceptors (Lipinski definition) is 4. The number of rotatable bonds is 16. The summed E-state index contributed by atoms with van der Waals surface area (Å²) in [4.78, 5) is 10.9. The first kappa shape index (κ1) is 36.5. The number of carbonyl (C=O) groups is 1. The smallest absolute Gasteiger partial charge is 0.309 e. The molecule has 0 aliphatic heterocycles. The van der Waals surface area contributed by atoms with Crippen molar-refractivity contribution in [1.29, 1.82) is 0 Å². The molecule has 4 N–H and O–H groups in total. The van der Waals surface area contributed by atoms with Crippen LogP contribution in [0.1, 0.15) is 146 Å². The molecule has 2 unspecified atom stereocenters. The van der Waals surface area contributed by atoms with E-state index in [0.29, 0.717) is 23.7 Å². The molecule has 0 aromatic heterocycles. The molecule has 0 heterocycles. The van der Waals surface area contributed by atoms with E-state index >= 15 is 0 Å². The molecule has 0 aromatic carbocycles. The Balaban J connectivity index is 0. The Labute approximate surface area is 218 Å². The van der Waals surface area contributed by atoms with E-state index in [2.05, 4.69) is 55.4 Å². The lowest BCUT2D eigenvalue weighted by Gasteiger charge is -2.22. The Morgan fingerprint density at radius 3 is 1.20 bits per heavy atom. The average Bonchev–Trinajstić information content (AvgIpc) is 2.66. The molecule has 5 heteroatoms. The quantitative estimate of drug-likeness (QED) is 0.174. The van der Waals surface area contributed by atoms with Crippen LogP contribution < -0.4 is 0 Å². The predicted octanol–water partition coefficient (Wildman–Crippen LogP) is 7.60. The Morgan fingerprint density at radius 2 is 0.914 bits per heavy atom. The van der Waals surface area contributed by atoms with Gasteiger partial charge >= 0.3 is 5.97 Å². The van der Waals surface area contributed by atoms with Crippen molar-refractivity contribution >= 4 is 5.97 Å². The Hall–Kier alpha value is -0.650. The largest absolute Gasteiger partial charge is 0.481 e. The van der Waals surface area contributed by atoms with Gasteiger partial charge in [0.2, 0.25) is 0 Å². The Morgan fingerprint density at radius 1 is 0.600 bits per heavy atom. The fraction of sp³-hybridized carbons (Fsp3) is 0.967. The number of aliphatic carboxylic acids is 1. The third-order valence-corrected chi connectivity index (χ3v) is 6.67. The highest BCUT2D eigenvalue weighted by Gasteiger charge is 2.26. The van der Waals surface area contributed by atoms with Crippen LogP contribution in [0, 0.1) is 21.7 Å². The van der Waals surface area contributed by atoms with Crippen molar-refractivity contribution in [2.45, 2.75) is 158 Å². The van der Waals surface area contributed by atoms with Crippen molar-refractivity contribution in [3.63, 3.8) is 0 Å². The van der Waals surface area contributed by atoms with Gasteiger partial charge in [0.1, 0.15) is 0 Å². The van der Waals surface area contributed by atoms with E-state index in [1.54, 1.807) is 13.8 Å². The summed E-state index contributed by atoms with van der Waals surface area (Å²) < 4.78 is 0. The van der Waals surface area contributed by atoms with Gasteiger partial charge in [-0.2, -0.15) is 0 Å². The number of aliphatic hydroxyl groups excluding tert-OH is 3. The van der Waals surface area contributed by atoms with Crippen LogP contribution in [0.4, 0.5) is 0 Å². The first-order valence-electron chi connectivity index (χ1n) is 13.9. The highest BCUT2D eigenvalue weighted by molar-refractivity contribution is 5.73. The van der Waals surface area contributed by atoms with Gasteiger partial charge < -0.3 is 20.4 Å². The molecule has 0 aromatic rings. The van der Waals surface area contributed by atoms with Gasteiger partial charge in [-0.25, -0.2) is 0 Å². The first-order chi connectivity index (χ1) is 15.7. The van der Waals surface area contributed by atoms with Crippen LogP contribution in [0.15, 0.2) is 0 Å². The molecular weight excluding hydrogens is 440 g/mol. The summed E-state index contributed by atoms with van der Waals surface area (Å²) >= 11 is 0. The van der Waals surface area contributed by atoms with E-state index in [9.17, 15) is 15.0 Å². The molecule has 35 heavy (non-hydrogen) atoms. The minimum atomic E-state index is -0.760. The zero-order valence-electron chi connectivity index (χ0n) is 25.0. The second-order valence-corrected chi connectivity index (χ2v) is 14.5. The average molecular weight is 503 g/mol. The van der Waals surface area contributed by atoms with Crippen LogP contribution >= 0.6 is 0 Å². The lowest BCUT2D eigenvalue weighted by molar-refractivity contribution is -0.147. The molecule has 0 aliphatic rings. The lowest BCUT2D eigenvalue weighted by Crippen LogP contribution is -2.24. The number of carboxylic acids is 1. The lowest BCUT2D eigenvalue weighted by atomic mass is 9.86. The third kappa shape index (κ3) is 24.8. The van der Waals surface area contributed by atoms with Gasteiger partial charge in [-0.05, 0) is 87.9 Å². The van der Waals surface area contributed by atoms with E-state index in [4.69, 9.17) is 10.2 Å². The Bertz CT molecular complexity index is 540. The van der Waals surface area contributed by atoms with Gasteiger partial charge in [0.15, 0.2) is 0 Å². The standard InChI is InChI=1S/C15H30O3.C15H32O2/c1-14(2,3)10-6-8-12(16)9-7-11-15(4,5)13(17)18;1-14(2,3)10-6-8-13(17)9-7-11-15(4,5)12-16/h12,16H,6-11H2,1-5H3,(H,17,18);13,16-17H,6-12H2,1-5H3. The van der Waals surface area contributed by atoms with Gasteiger partial charge in [0.25, 0.3) is 0 Å². The monoisotopic (exact) mass is 502 g/mol. The predicted molar refractivity (Wildman–Crippen MR) is 149 cm³/mol. The molecule has 212 valence electrons. The molecule has 0 bridgehead atoms. The molecule has 0 amide bonds. The van der Waals surface area contributed by atoms with E-state index in [1.807, 2.05) is 0 Å². The summed E-state index contributed by atoms with van der Waals surface area (Å²) in [5.41, 5.74) is 0.0277. The van der Waals surface area contributed by atoms with Crippen LogP contribution in [-0.4, -0.2) is 45.2 Å². The Kier molecular flexibility index (Phi) is 17.7. The molecule has 0 saturated heterocycles. The van der Waals surface area contributed by atoms with Crippen LogP contribution in [0.3, 0.4) is 0 Å². The maximum absolute atomic E-state index is 10.9. The third-order valence-electron chi connectivity index (χ3n) is 6.67. The number of aliphatic hydroxyl groups is 3. The molecule has 5 nitrogen and oxygen atoms in total. The van der Waals surface area contributed by atoms with E-state index in [1.165, 1.54) is 6.42 Å². The van der Waals surface area contributed by atoms with Gasteiger partial charge in [0, 0.05) is 6.61 Å². The zero-order chi connectivity index (χ0) is 27.9. The maximum Gasteiger partial charge on any atom is 0.309 e. The molecule has 0 rings (SSSR count). The molecule has 2 atom stereocenters.